The highest BCUT2D eigenvalue weighted by Gasteiger charge is 2.10. The SMILES string of the molecule is O=C(Cc1cccc(F)c1)NCCNC(=O)c1ccc(NC(=O)c2ccco2)cc1. The van der Waals surface area contributed by atoms with Gasteiger partial charge in [-0.3, -0.25) is 14.4 Å². The number of halogens is 1. The zero-order valence-electron chi connectivity index (χ0n) is 16.0. The molecule has 0 saturated carbocycles. The fraction of sp³-hybridized carbons (Fsp3) is 0.136. The van der Waals surface area contributed by atoms with Crippen molar-refractivity contribution in [1.29, 1.82) is 0 Å². The van der Waals surface area contributed by atoms with E-state index in [-0.39, 0.29) is 48.8 Å². The van der Waals surface area contributed by atoms with Gasteiger partial charge in [0, 0.05) is 24.3 Å². The number of furan rings is 1. The van der Waals surface area contributed by atoms with Crippen LogP contribution in [0.1, 0.15) is 26.5 Å². The van der Waals surface area contributed by atoms with Crippen LogP contribution in [0.4, 0.5) is 10.1 Å². The van der Waals surface area contributed by atoms with E-state index in [1.165, 1.54) is 18.4 Å². The van der Waals surface area contributed by atoms with E-state index < -0.39 is 0 Å². The molecule has 0 unspecified atom stereocenters. The van der Waals surface area contributed by atoms with Crippen LogP contribution in [-0.2, 0) is 11.2 Å². The van der Waals surface area contributed by atoms with Gasteiger partial charge < -0.3 is 20.4 Å². The van der Waals surface area contributed by atoms with Gasteiger partial charge in [-0.2, -0.15) is 0 Å². The maximum Gasteiger partial charge on any atom is 0.291 e. The van der Waals surface area contributed by atoms with E-state index in [1.54, 1.807) is 48.5 Å². The van der Waals surface area contributed by atoms with Crippen LogP contribution in [0.3, 0.4) is 0 Å². The number of carbonyl (C=O) groups is 3. The van der Waals surface area contributed by atoms with Crippen LogP contribution in [0.25, 0.3) is 0 Å². The first-order valence-electron chi connectivity index (χ1n) is 9.25. The fourth-order valence-corrected chi connectivity index (χ4v) is 2.68. The number of hydrogen-bond donors (Lipinski definition) is 3. The smallest absolute Gasteiger partial charge is 0.291 e. The molecule has 7 nitrogen and oxygen atoms in total. The van der Waals surface area contributed by atoms with Crippen molar-refractivity contribution in [2.75, 3.05) is 18.4 Å². The average Bonchev–Trinajstić information content (AvgIpc) is 3.27. The molecule has 1 heterocycles. The zero-order chi connectivity index (χ0) is 21.3. The number of hydrogen-bond acceptors (Lipinski definition) is 4. The second-order valence-corrected chi connectivity index (χ2v) is 6.42. The highest BCUT2D eigenvalue weighted by atomic mass is 19.1. The van der Waals surface area contributed by atoms with Crippen molar-refractivity contribution in [2.24, 2.45) is 0 Å². The number of carbonyl (C=O) groups excluding carboxylic acids is 3. The van der Waals surface area contributed by atoms with Gasteiger partial charge in [-0.1, -0.05) is 12.1 Å². The summed E-state index contributed by atoms with van der Waals surface area (Å²) >= 11 is 0. The molecule has 0 bridgehead atoms. The van der Waals surface area contributed by atoms with Crippen molar-refractivity contribution in [3.63, 3.8) is 0 Å². The minimum atomic E-state index is -0.390. The lowest BCUT2D eigenvalue weighted by atomic mass is 10.1. The summed E-state index contributed by atoms with van der Waals surface area (Å²) in [5, 5.41) is 8.03. The minimum absolute atomic E-state index is 0.0664. The molecule has 0 aliphatic rings. The Morgan fingerprint density at radius 3 is 2.33 bits per heavy atom. The van der Waals surface area contributed by atoms with Gasteiger partial charge in [-0.25, -0.2) is 4.39 Å². The Morgan fingerprint density at radius 2 is 1.63 bits per heavy atom. The standard InChI is InChI=1S/C22H20FN3O4/c23-17-4-1-3-15(13-17)14-20(27)24-10-11-25-21(28)16-6-8-18(9-7-16)26-22(29)19-5-2-12-30-19/h1-9,12-13H,10-11,14H2,(H,24,27)(H,25,28)(H,26,29). The summed E-state index contributed by atoms with van der Waals surface area (Å²) < 4.78 is 18.1. The van der Waals surface area contributed by atoms with E-state index in [9.17, 15) is 18.8 Å². The average molecular weight is 409 g/mol. The lowest BCUT2D eigenvalue weighted by molar-refractivity contribution is -0.120. The van der Waals surface area contributed by atoms with Gasteiger partial charge in [0.15, 0.2) is 5.76 Å². The molecule has 1 aromatic heterocycles. The highest BCUT2D eigenvalue weighted by molar-refractivity contribution is 6.02. The Hall–Kier alpha value is -3.94. The second kappa shape index (κ2) is 10.0. The summed E-state index contributed by atoms with van der Waals surface area (Å²) in [6.45, 7) is 0.488. The van der Waals surface area contributed by atoms with E-state index in [2.05, 4.69) is 16.0 Å². The minimum Gasteiger partial charge on any atom is -0.459 e. The third-order valence-electron chi connectivity index (χ3n) is 4.14. The summed E-state index contributed by atoms with van der Waals surface area (Å²) in [6.07, 6.45) is 1.48. The molecule has 154 valence electrons. The molecule has 0 aliphatic heterocycles. The van der Waals surface area contributed by atoms with Gasteiger partial charge in [-0.05, 0) is 54.1 Å². The van der Waals surface area contributed by atoms with Crippen LogP contribution in [0.2, 0.25) is 0 Å². The molecular formula is C22H20FN3O4. The quantitative estimate of drug-likeness (QED) is 0.498. The molecule has 3 aromatic rings. The monoisotopic (exact) mass is 409 g/mol. The molecule has 0 aliphatic carbocycles. The first-order valence-corrected chi connectivity index (χ1v) is 9.25. The predicted octanol–water partition coefficient (Wildman–Crippen LogP) is 2.76. The first-order chi connectivity index (χ1) is 14.5. The molecule has 0 atom stereocenters. The van der Waals surface area contributed by atoms with Crippen molar-refractivity contribution in [1.82, 2.24) is 10.6 Å². The van der Waals surface area contributed by atoms with Crippen molar-refractivity contribution in [2.45, 2.75) is 6.42 Å². The van der Waals surface area contributed by atoms with E-state index in [0.717, 1.165) is 0 Å². The Labute approximate surface area is 172 Å². The normalized spacial score (nSPS) is 10.3. The third kappa shape index (κ3) is 6.03. The topological polar surface area (TPSA) is 100 Å². The van der Waals surface area contributed by atoms with Gasteiger partial charge in [0.25, 0.3) is 11.8 Å². The molecular weight excluding hydrogens is 389 g/mol. The number of amides is 3. The Balaban J connectivity index is 1.39. The first kappa shape index (κ1) is 20.8. The van der Waals surface area contributed by atoms with E-state index >= 15 is 0 Å². The molecule has 3 amide bonds. The fourth-order valence-electron chi connectivity index (χ4n) is 2.68. The summed E-state index contributed by atoms with van der Waals surface area (Å²) in [5.41, 5.74) is 1.52. The Morgan fingerprint density at radius 1 is 0.867 bits per heavy atom. The van der Waals surface area contributed by atoms with E-state index in [4.69, 9.17) is 4.42 Å². The van der Waals surface area contributed by atoms with E-state index in [0.29, 0.717) is 16.8 Å². The molecule has 0 radical (unpaired) electrons. The van der Waals surface area contributed by atoms with Crippen LogP contribution in [0, 0.1) is 5.82 Å². The lowest BCUT2D eigenvalue weighted by Crippen LogP contribution is -2.35. The van der Waals surface area contributed by atoms with Crippen LogP contribution in [-0.4, -0.2) is 30.8 Å². The summed E-state index contributed by atoms with van der Waals surface area (Å²) in [7, 11) is 0. The molecule has 0 spiro atoms. The Kier molecular flexibility index (Phi) is 6.94. The number of benzene rings is 2. The summed E-state index contributed by atoms with van der Waals surface area (Å²) in [4.78, 5) is 36.0. The van der Waals surface area contributed by atoms with Crippen molar-refractivity contribution in [3.8, 4) is 0 Å². The van der Waals surface area contributed by atoms with Crippen LogP contribution in [0.15, 0.2) is 71.3 Å². The number of rotatable bonds is 8. The van der Waals surface area contributed by atoms with Gasteiger partial charge in [0.1, 0.15) is 5.82 Å². The van der Waals surface area contributed by atoms with Crippen molar-refractivity contribution < 1.29 is 23.2 Å². The molecule has 2 aromatic carbocycles. The van der Waals surface area contributed by atoms with Gasteiger partial charge >= 0.3 is 0 Å². The number of anilines is 1. The number of nitrogens with one attached hydrogen (secondary N) is 3. The highest BCUT2D eigenvalue weighted by Crippen LogP contribution is 2.12. The van der Waals surface area contributed by atoms with Gasteiger partial charge in [-0.15, -0.1) is 0 Å². The van der Waals surface area contributed by atoms with Crippen LogP contribution in [0.5, 0.6) is 0 Å². The van der Waals surface area contributed by atoms with Crippen LogP contribution >= 0.6 is 0 Å². The zero-order valence-corrected chi connectivity index (χ0v) is 16.0. The largest absolute Gasteiger partial charge is 0.459 e. The van der Waals surface area contributed by atoms with Gasteiger partial charge in [0.2, 0.25) is 5.91 Å². The predicted molar refractivity (Wildman–Crippen MR) is 109 cm³/mol. The van der Waals surface area contributed by atoms with Crippen molar-refractivity contribution in [3.05, 3.63) is 89.6 Å². The third-order valence-corrected chi connectivity index (χ3v) is 4.14. The lowest BCUT2D eigenvalue weighted by Gasteiger charge is -2.08. The summed E-state index contributed by atoms with van der Waals surface area (Å²) in [5.74, 6) is -1.15. The maximum absolute atomic E-state index is 13.1. The molecule has 30 heavy (non-hydrogen) atoms. The second-order valence-electron chi connectivity index (χ2n) is 6.42. The maximum atomic E-state index is 13.1. The molecule has 3 N–H and O–H groups in total. The molecule has 0 fully saturated rings. The van der Waals surface area contributed by atoms with Crippen molar-refractivity contribution >= 4 is 23.4 Å². The summed E-state index contributed by atoms with van der Waals surface area (Å²) in [6, 6.07) is 15.4. The van der Waals surface area contributed by atoms with Crippen LogP contribution < -0.4 is 16.0 Å². The Bertz CT molecular complexity index is 1020. The van der Waals surface area contributed by atoms with Gasteiger partial charge in [0.05, 0.1) is 12.7 Å². The molecule has 3 rings (SSSR count). The molecule has 0 saturated heterocycles. The van der Waals surface area contributed by atoms with E-state index in [1.807, 2.05) is 0 Å². The molecule has 8 heteroatoms.